The largest absolute Gasteiger partial charge is 0.456 e. The second-order valence-corrected chi connectivity index (χ2v) is 12.0. The van der Waals surface area contributed by atoms with E-state index < -0.39 is 0 Å². The Morgan fingerprint density at radius 3 is 1.51 bits per heavy atom. The van der Waals surface area contributed by atoms with Crippen molar-refractivity contribution >= 4 is 45.0 Å². The summed E-state index contributed by atoms with van der Waals surface area (Å²) in [7, 11) is 0. The molecular formula is C45H31N3O. The Labute approximate surface area is 285 Å². The molecule has 1 aliphatic heterocycles. The number of aromatic nitrogens is 1. The van der Waals surface area contributed by atoms with Crippen molar-refractivity contribution < 1.29 is 4.74 Å². The van der Waals surface area contributed by atoms with Gasteiger partial charge in [0, 0.05) is 57.2 Å². The lowest BCUT2D eigenvalue weighted by Crippen LogP contribution is -2.11. The minimum absolute atomic E-state index is 0.843. The zero-order valence-electron chi connectivity index (χ0n) is 26.6. The standard InChI is InChI=1S/C45H31N3O/c1-5-14-33(15-6-1)47(34-16-7-2-8-17-34)37-25-26-39-41-28-27-38(40-22-13-23-42(45(40)41)49-43(39)30-37)32-24-29-44(46-31-32)48(35-18-9-3-10-19-35)36-20-11-4-12-21-36/h1-31H. The Balaban J connectivity index is 1.10. The number of hydrogen-bond acceptors (Lipinski definition) is 4. The van der Waals surface area contributed by atoms with Crippen LogP contribution in [-0.4, -0.2) is 4.98 Å². The van der Waals surface area contributed by atoms with E-state index in [1.54, 1.807) is 0 Å². The predicted octanol–water partition coefficient (Wildman–Crippen LogP) is 12.6. The minimum atomic E-state index is 0.843. The fraction of sp³-hybridized carbons (Fsp3) is 0. The molecule has 0 unspecified atom stereocenters. The molecule has 7 aromatic carbocycles. The van der Waals surface area contributed by atoms with Gasteiger partial charge in [-0.2, -0.15) is 0 Å². The van der Waals surface area contributed by atoms with Crippen LogP contribution in [0.3, 0.4) is 0 Å². The van der Waals surface area contributed by atoms with Gasteiger partial charge in [0.25, 0.3) is 0 Å². The van der Waals surface area contributed by atoms with Crippen molar-refractivity contribution in [2.45, 2.75) is 0 Å². The maximum Gasteiger partial charge on any atom is 0.137 e. The first-order valence-corrected chi connectivity index (χ1v) is 16.5. The smallest absolute Gasteiger partial charge is 0.137 e. The summed E-state index contributed by atoms with van der Waals surface area (Å²) >= 11 is 0. The van der Waals surface area contributed by atoms with Crippen LogP contribution in [0.25, 0.3) is 33.0 Å². The molecule has 9 rings (SSSR count). The van der Waals surface area contributed by atoms with Crippen molar-refractivity contribution in [1.82, 2.24) is 4.98 Å². The van der Waals surface area contributed by atoms with Crippen molar-refractivity contribution in [2.75, 3.05) is 9.80 Å². The van der Waals surface area contributed by atoms with E-state index in [0.29, 0.717) is 0 Å². The molecule has 0 saturated carbocycles. The van der Waals surface area contributed by atoms with Gasteiger partial charge in [-0.15, -0.1) is 0 Å². The zero-order chi connectivity index (χ0) is 32.6. The Morgan fingerprint density at radius 1 is 0.388 bits per heavy atom. The highest BCUT2D eigenvalue weighted by atomic mass is 16.5. The number of rotatable bonds is 7. The molecule has 4 nitrogen and oxygen atoms in total. The van der Waals surface area contributed by atoms with Crippen LogP contribution in [0.1, 0.15) is 0 Å². The third kappa shape index (κ3) is 5.16. The van der Waals surface area contributed by atoms with Gasteiger partial charge in [0.1, 0.15) is 17.3 Å². The average molecular weight is 630 g/mol. The van der Waals surface area contributed by atoms with Gasteiger partial charge in [-0.05, 0) is 95.4 Å². The van der Waals surface area contributed by atoms with Crippen LogP contribution in [0, 0.1) is 0 Å². The van der Waals surface area contributed by atoms with Crippen molar-refractivity contribution in [3.63, 3.8) is 0 Å². The topological polar surface area (TPSA) is 28.6 Å². The summed E-state index contributed by atoms with van der Waals surface area (Å²) in [6.07, 6.45) is 1.98. The molecule has 8 aromatic rings. The zero-order valence-corrected chi connectivity index (χ0v) is 26.6. The van der Waals surface area contributed by atoms with E-state index in [2.05, 4.69) is 168 Å². The number of fused-ring (bicyclic) bond motifs is 2. The monoisotopic (exact) mass is 629 g/mol. The lowest BCUT2D eigenvalue weighted by atomic mass is 9.90. The molecule has 1 aromatic heterocycles. The molecule has 4 heteroatoms. The Hall–Kier alpha value is -6.65. The van der Waals surface area contributed by atoms with Crippen LogP contribution in [0.2, 0.25) is 0 Å². The first-order chi connectivity index (χ1) is 24.3. The number of pyridine rings is 1. The molecule has 0 aliphatic carbocycles. The maximum absolute atomic E-state index is 6.70. The van der Waals surface area contributed by atoms with E-state index >= 15 is 0 Å². The molecule has 2 heterocycles. The Kier molecular flexibility index (Phi) is 7.10. The van der Waals surface area contributed by atoms with Gasteiger partial charge < -0.3 is 9.64 Å². The van der Waals surface area contributed by atoms with Crippen molar-refractivity contribution in [1.29, 1.82) is 0 Å². The third-order valence-corrected chi connectivity index (χ3v) is 9.08. The molecule has 0 fully saturated rings. The highest BCUT2D eigenvalue weighted by Gasteiger charge is 2.24. The van der Waals surface area contributed by atoms with Crippen LogP contribution in [0.4, 0.5) is 34.3 Å². The summed E-state index contributed by atoms with van der Waals surface area (Å²) in [4.78, 5) is 9.43. The molecule has 1 aliphatic rings. The molecule has 49 heavy (non-hydrogen) atoms. The first kappa shape index (κ1) is 28.6. The molecule has 0 radical (unpaired) electrons. The van der Waals surface area contributed by atoms with Crippen LogP contribution >= 0.6 is 0 Å². The van der Waals surface area contributed by atoms with E-state index in [-0.39, 0.29) is 0 Å². The second kappa shape index (κ2) is 12.2. The lowest BCUT2D eigenvalue weighted by molar-refractivity contribution is 0.487. The molecule has 0 saturated heterocycles. The second-order valence-electron chi connectivity index (χ2n) is 12.0. The van der Waals surface area contributed by atoms with Crippen LogP contribution in [0.5, 0.6) is 11.5 Å². The molecular weight excluding hydrogens is 599 g/mol. The van der Waals surface area contributed by atoms with E-state index in [1.165, 1.54) is 0 Å². The molecule has 0 N–H and O–H groups in total. The Morgan fingerprint density at radius 2 is 0.939 bits per heavy atom. The number of para-hydroxylation sites is 4. The fourth-order valence-electron chi connectivity index (χ4n) is 6.86. The summed E-state index contributed by atoms with van der Waals surface area (Å²) in [6, 6.07) is 63.2. The van der Waals surface area contributed by atoms with Gasteiger partial charge >= 0.3 is 0 Å². The van der Waals surface area contributed by atoms with E-state index in [4.69, 9.17) is 9.72 Å². The third-order valence-electron chi connectivity index (χ3n) is 9.08. The normalized spacial score (nSPS) is 11.4. The van der Waals surface area contributed by atoms with Crippen LogP contribution < -0.4 is 14.5 Å². The summed E-state index contributed by atoms with van der Waals surface area (Å²) in [5.74, 6) is 2.56. The number of benzene rings is 7. The molecule has 232 valence electrons. The van der Waals surface area contributed by atoms with Gasteiger partial charge in [0.15, 0.2) is 0 Å². The molecule has 0 amide bonds. The van der Waals surface area contributed by atoms with Gasteiger partial charge in [0.2, 0.25) is 0 Å². The van der Waals surface area contributed by atoms with Crippen molar-refractivity contribution in [2.24, 2.45) is 0 Å². The highest BCUT2D eigenvalue weighted by Crippen LogP contribution is 2.50. The molecule has 0 spiro atoms. The number of anilines is 6. The maximum atomic E-state index is 6.70. The number of hydrogen-bond donors (Lipinski definition) is 0. The van der Waals surface area contributed by atoms with Gasteiger partial charge in [-0.3, -0.25) is 4.90 Å². The minimum Gasteiger partial charge on any atom is -0.456 e. The van der Waals surface area contributed by atoms with E-state index in [9.17, 15) is 0 Å². The average Bonchev–Trinajstić information content (AvgIpc) is 3.17. The molecule has 0 atom stereocenters. The van der Waals surface area contributed by atoms with E-state index in [1.807, 2.05) is 30.5 Å². The SMILES string of the molecule is c1ccc(N(c2ccccc2)c2ccc3c(c2)Oc2cccc4c(-c5ccc(N(c6ccccc6)c6ccccc6)nc5)ccc-3c24)cc1. The number of nitrogens with zero attached hydrogens (tertiary/aromatic N) is 3. The quantitative estimate of drug-likeness (QED) is 0.175. The van der Waals surface area contributed by atoms with Gasteiger partial charge in [0.05, 0.1) is 0 Å². The van der Waals surface area contributed by atoms with Crippen molar-refractivity contribution in [3.8, 4) is 33.8 Å². The summed E-state index contributed by atoms with van der Waals surface area (Å²) < 4.78 is 6.70. The summed E-state index contributed by atoms with van der Waals surface area (Å²) in [6.45, 7) is 0. The van der Waals surface area contributed by atoms with Crippen LogP contribution in [-0.2, 0) is 0 Å². The fourth-order valence-corrected chi connectivity index (χ4v) is 6.86. The Bertz CT molecular complexity index is 2320. The van der Waals surface area contributed by atoms with Gasteiger partial charge in [-0.25, -0.2) is 4.98 Å². The number of ether oxygens (including phenoxy) is 1. The van der Waals surface area contributed by atoms with Crippen molar-refractivity contribution in [3.05, 3.63) is 188 Å². The van der Waals surface area contributed by atoms with Gasteiger partial charge in [-0.1, -0.05) is 97.1 Å². The molecule has 0 bridgehead atoms. The van der Waals surface area contributed by atoms with E-state index in [0.717, 1.165) is 78.8 Å². The highest BCUT2D eigenvalue weighted by molar-refractivity contribution is 6.10. The lowest BCUT2D eigenvalue weighted by Gasteiger charge is -2.28. The van der Waals surface area contributed by atoms with Crippen LogP contribution in [0.15, 0.2) is 188 Å². The predicted molar refractivity (Wildman–Crippen MR) is 202 cm³/mol. The summed E-state index contributed by atoms with van der Waals surface area (Å²) in [5, 5.41) is 2.25. The summed E-state index contributed by atoms with van der Waals surface area (Å²) in [5.41, 5.74) is 9.75. The first-order valence-electron chi connectivity index (χ1n) is 16.5.